The molecule has 0 aliphatic heterocycles. The van der Waals surface area contributed by atoms with E-state index in [2.05, 4.69) is 25.2 Å². The van der Waals surface area contributed by atoms with Crippen molar-refractivity contribution in [3.8, 4) is 0 Å². The first-order valence-corrected chi connectivity index (χ1v) is 4.31. The second kappa shape index (κ2) is 3.45. The van der Waals surface area contributed by atoms with Crippen LogP contribution in [0.3, 0.4) is 0 Å². The second-order valence-electron chi connectivity index (χ2n) is 1.96. The predicted molar refractivity (Wildman–Crippen MR) is 47.7 cm³/mol. The summed E-state index contributed by atoms with van der Waals surface area (Å²) in [5.74, 6) is -0.961. The van der Waals surface area contributed by atoms with Gasteiger partial charge >= 0.3 is 0 Å². The number of hydrogen-bond acceptors (Lipinski definition) is 0. The molecule has 0 aromatic heterocycles. The van der Waals surface area contributed by atoms with E-state index in [0.717, 1.165) is 4.47 Å². The maximum atomic E-state index is 12.6. The minimum atomic E-state index is -0.961. The van der Waals surface area contributed by atoms with Gasteiger partial charge in [-0.05, 0) is 17.7 Å². The van der Waals surface area contributed by atoms with Gasteiger partial charge in [-0.2, -0.15) is 0 Å². The zero-order valence-corrected chi connectivity index (χ0v) is 7.96. The number of halogens is 2. The molecule has 0 radical (unpaired) electrons. The third-order valence-electron chi connectivity index (χ3n) is 1.17. The molecule has 2 atom stereocenters. The quantitative estimate of drug-likeness (QED) is 0.638. The van der Waals surface area contributed by atoms with E-state index in [9.17, 15) is 4.39 Å². The molecule has 1 aromatic carbocycles. The normalized spacial score (nSPS) is 13.1. The molecule has 0 amide bonds. The summed E-state index contributed by atoms with van der Waals surface area (Å²) in [6.45, 7) is 0. The first-order chi connectivity index (χ1) is 4.70. The Kier molecular flexibility index (Phi) is 2.82. The van der Waals surface area contributed by atoms with Crippen molar-refractivity contribution in [1.82, 2.24) is 0 Å². The standard InChI is InChI=1S/C7H7BrFP/c8-6-3-1-2-5(4-6)7(9)10/h1-4,7H,10H2. The first-order valence-electron chi connectivity index (χ1n) is 2.85. The van der Waals surface area contributed by atoms with Gasteiger partial charge in [0, 0.05) is 4.47 Å². The fourth-order valence-electron chi connectivity index (χ4n) is 0.678. The number of rotatable bonds is 1. The molecule has 0 saturated heterocycles. The van der Waals surface area contributed by atoms with Gasteiger partial charge in [-0.3, -0.25) is 0 Å². The summed E-state index contributed by atoms with van der Waals surface area (Å²) in [5, 5.41) is 0. The summed E-state index contributed by atoms with van der Waals surface area (Å²) in [4.78, 5) is 0. The summed E-state index contributed by atoms with van der Waals surface area (Å²) >= 11 is 3.25. The molecule has 0 heterocycles. The topological polar surface area (TPSA) is 0 Å². The predicted octanol–water partition coefficient (Wildman–Crippen LogP) is 3.29. The molecule has 0 aliphatic rings. The highest BCUT2D eigenvalue weighted by Crippen LogP contribution is 2.25. The SMILES string of the molecule is FC(P)c1cccc(Br)c1. The van der Waals surface area contributed by atoms with Crippen LogP contribution in [-0.2, 0) is 0 Å². The van der Waals surface area contributed by atoms with Crippen molar-refractivity contribution >= 4 is 25.2 Å². The molecular weight excluding hydrogens is 214 g/mol. The lowest BCUT2D eigenvalue weighted by molar-refractivity contribution is 0.469. The molecule has 3 heteroatoms. The van der Waals surface area contributed by atoms with E-state index in [0.29, 0.717) is 5.56 Å². The average molecular weight is 221 g/mol. The van der Waals surface area contributed by atoms with Crippen LogP contribution >= 0.6 is 25.2 Å². The van der Waals surface area contributed by atoms with Crippen molar-refractivity contribution < 1.29 is 4.39 Å². The molecule has 0 aliphatic carbocycles. The third-order valence-corrected chi connectivity index (χ3v) is 2.05. The highest BCUT2D eigenvalue weighted by atomic mass is 79.9. The van der Waals surface area contributed by atoms with Gasteiger partial charge < -0.3 is 0 Å². The van der Waals surface area contributed by atoms with E-state index in [1.165, 1.54) is 0 Å². The van der Waals surface area contributed by atoms with Crippen molar-refractivity contribution in [3.63, 3.8) is 0 Å². The van der Waals surface area contributed by atoms with Gasteiger partial charge in [0.1, 0.15) is 5.91 Å². The smallest absolute Gasteiger partial charge is 0.138 e. The monoisotopic (exact) mass is 220 g/mol. The van der Waals surface area contributed by atoms with Crippen LogP contribution in [0.4, 0.5) is 4.39 Å². The number of alkyl halides is 1. The molecular formula is C7H7BrFP. The Morgan fingerprint density at radius 3 is 2.60 bits per heavy atom. The lowest BCUT2D eigenvalue weighted by atomic mass is 10.2. The van der Waals surface area contributed by atoms with Crippen LogP contribution in [0.25, 0.3) is 0 Å². The Labute approximate surface area is 70.2 Å². The second-order valence-corrected chi connectivity index (χ2v) is 3.46. The highest BCUT2D eigenvalue weighted by molar-refractivity contribution is 9.10. The molecule has 54 valence electrons. The average Bonchev–Trinajstić information content (AvgIpc) is 1.88. The molecule has 10 heavy (non-hydrogen) atoms. The molecule has 0 N–H and O–H groups in total. The van der Waals surface area contributed by atoms with E-state index in [1.807, 2.05) is 12.1 Å². The highest BCUT2D eigenvalue weighted by Gasteiger charge is 2.00. The summed E-state index contributed by atoms with van der Waals surface area (Å²) in [6, 6.07) is 7.20. The van der Waals surface area contributed by atoms with E-state index in [-0.39, 0.29) is 0 Å². The Hall–Kier alpha value is 0.0600. The Bertz CT molecular complexity index is 225. The summed E-state index contributed by atoms with van der Waals surface area (Å²) in [5.41, 5.74) is 0.680. The fourth-order valence-corrected chi connectivity index (χ4v) is 1.30. The van der Waals surface area contributed by atoms with Gasteiger partial charge in [0.2, 0.25) is 0 Å². The van der Waals surface area contributed by atoms with Crippen molar-refractivity contribution in [3.05, 3.63) is 34.3 Å². The first kappa shape index (κ1) is 8.16. The molecule has 1 rings (SSSR count). The maximum absolute atomic E-state index is 12.6. The summed E-state index contributed by atoms with van der Waals surface area (Å²) in [7, 11) is 2.11. The van der Waals surface area contributed by atoms with E-state index < -0.39 is 5.91 Å². The zero-order chi connectivity index (χ0) is 7.56. The van der Waals surface area contributed by atoms with Crippen molar-refractivity contribution in [1.29, 1.82) is 0 Å². The van der Waals surface area contributed by atoms with Crippen LogP contribution in [0.2, 0.25) is 0 Å². The number of benzene rings is 1. The van der Waals surface area contributed by atoms with Crippen LogP contribution < -0.4 is 0 Å². The molecule has 0 nitrogen and oxygen atoms in total. The number of hydrogen-bond donors (Lipinski definition) is 0. The van der Waals surface area contributed by atoms with Crippen LogP contribution in [-0.4, -0.2) is 0 Å². The summed E-state index contributed by atoms with van der Waals surface area (Å²) in [6.07, 6.45) is 0. The lowest BCUT2D eigenvalue weighted by Crippen LogP contribution is -1.79. The lowest BCUT2D eigenvalue weighted by Gasteiger charge is -2.00. The van der Waals surface area contributed by atoms with E-state index in [4.69, 9.17) is 0 Å². The van der Waals surface area contributed by atoms with Gasteiger partial charge in [0.25, 0.3) is 0 Å². The third kappa shape index (κ3) is 2.03. The van der Waals surface area contributed by atoms with Gasteiger partial charge in [-0.25, -0.2) is 4.39 Å². The zero-order valence-electron chi connectivity index (χ0n) is 5.22. The molecule has 0 bridgehead atoms. The maximum Gasteiger partial charge on any atom is 0.138 e. The molecule has 0 spiro atoms. The van der Waals surface area contributed by atoms with Crippen LogP contribution in [0.1, 0.15) is 11.5 Å². The molecule has 2 unspecified atom stereocenters. The van der Waals surface area contributed by atoms with Crippen LogP contribution in [0.5, 0.6) is 0 Å². The minimum Gasteiger partial charge on any atom is -0.238 e. The van der Waals surface area contributed by atoms with Gasteiger partial charge in [-0.15, -0.1) is 0 Å². The Morgan fingerprint density at radius 2 is 2.20 bits per heavy atom. The van der Waals surface area contributed by atoms with Crippen LogP contribution in [0, 0.1) is 0 Å². The van der Waals surface area contributed by atoms with E-state index in [1.54, 1.807) is 12.1 Å². The van der Waals surface area contributed by atoms with Crippen molar-refractivity contribution in [2.24, 2.45) is 0 Å². The van der Waals surface area contributed by atoms with Gasteiger partial charge in [-0.1, -0.05) is 37.3 Å². The molecule has 0 saturated carbocycles. The van der Waals surface area contributed by atoms with Crippen molar-refractivity contribution in [2.45, 2.75) is 5.91 Å². The summed E-state index contributed by atoms with van der Waals surface area (Å²) < 4.78 is 13.5. The Balaban J connectivity index is 2.96. The molecule has 1 aromatic rings. The largest absolute Gasteiger partial charge is 0.238 e. The van der Waals surface area contributed by atoms with Crippen LogP contribution in [0.15, 0.2) is 28.7 Å². The van der Waals surface area contributed by atoms with Crippen molar-refractivity contribution in [2.75, 3.05) is 0 Å². The Morgan fingerprint density at radius 1 is 1.50 bits per heavy atom. The van der Waals surface area contributed by atoms with Gasteiger partial charge in [0.15, 0.2) is 0 Å². The van der Waals surface area contributed by atoms with Gasteiger partial charge in [0.05, 0.1) is 0 Å². The molecule has 0 fully saturated rings. The fraction of sp³-hybridized carbons (Fsp3) is 0.143. The van der Waals surface area contributed by atoms with E-state index >= 15 is 0 Å². The minimum absolute atomic E-state index is 0.680.